The number of rotatable bonds is 1. The van der Waals surface area contributed by atoms with Crippen molar-refractivity contribution in [1.29, 1.82) is 0 Å². The lowest BCUT2D eigenvalue weighted by Gasteiger charge is -2.45. The van der Waals surface area contributed by atoms with Gasteiger partial charge in [0.05, 0.1) is 24.7 Å². The van der Waals surface area contributed by atoms with Crippen molar-refractivity contribution in [2.75, 3.05) is 19.7 Å². The highest BCUT2D eigenvalue weighted by Gasteiger charge is 2.47. The van der Waals surface area contributed by atoms with Crippen molar-refractivity contribution >= 4 is 11.6 Å². The molecule has 0 spiro atoms. The predicted molar refractivity (Wildman–Crippen MR) is 96.1 cm³/mol. The second-order valence-electron chi connectivity index (χ2n) is 9.17. The van der Waals surface area contributed by atoms with Crippen LogP contribution in [-0.4, -0.2) is 65.6 Å². The minimum Gasteiger partial charge on any atom is -0.396 e. The number of nitrogens with one attached hydrogen (secondary N) is 2. The van der Waals surface area contributed by atoms with Crippen LogP contribution in [0, 0.1) is 17.3 Å². The average Bonchev–Trinajstić information content (AvgIpc) is 2.96. The lowest BCUT2D eigenvalue weighted by Crippen LogP contribution is -2.63. The summed E-state index contributed by atoms with van der Waals surface area (Å²) in [6, 6.07) is 0.335. The van der Waals surface area contributed by atoms with Crippen LogP contribution in [0.3, 0.4) is 0 Å². The standard InChI is InChI=1S/C19H33N3O3/c1-11-16(24)8-20-18(19(2,3)4)21-14-9-22-13(7-12(14)10-23)5-6-15(22)17(11)25/h11-15,18,20-21,23H,5-10H2,1-4H3. The summed E-state index contributed by atoms with van der Waals surface area (Å²) in [5.41, 5.74) is -0.0805. The summed E-state index contributed by atoms with van der Waals surface area (Å²) in [5.74, 6) is -0.315. The number of ketones is 2. The van der Waals surface area contributed by atoms with Crippen LogP contribution < -0.4 is 10.6 Å². The summed E-state index contributed by atoms with van der Waals surface area (Å²) >= 11 is 0. The van der Waals surface area contributed by atoms with Crippen LogP contribution in [0.25, 0.3) is 0 Å². The maximum absolute atomic E-state index is 12.9. The van der Waals surface area contributed by atoms with Crippen molar-refractivity contribution in [3.63, 3.8) is 0 Å². The Morgan fingerprint density at radius 1 is 1.24 bits per heavy atom. The summed E-state index contributed by atoms with van der Waals surface area (Å²) in [6.07, 6.45) is 2.69. The number of aliphatic hydroxyl groups is 1. The number of hydrogen-bond donors (Lipinski definition) is 3. The molecular formula is C19H33N3O3. The molecule has 0 aromatic carbocycles. The van der Waals surface area contributed by atoms with E-state index in [0.717, 1.165) is 25.8 Å². The van der Waals surface area contributed by atoms with E-state index in [9.17, 15) is 14.7 Å². The van der Waals surface area contributed by atoms with Crippen LogP contribution in [0.2, 0.25) is 0 Å². The normalized spacial score (nSPS) is 40.8. The minimum absolute atomic E-state index is 0.0270. The maximum Gasteiger partial charge on any atom is 0.160 e. The van der Waals surface area contributed by atoms with Gasteiger partial charge in [-0.05, 0) is 31.6 Å². The van der Waals surface area contributed by atoms with Crippen LogP contribution in [0.1, 0.15) is 47.0 Å². The third-order valence-electron chi connectivity index (χ3n) is 6.39. The third kappa shape index (κ3) is 3.68. The van der Waals surface area contributed by atoms with Crippen LogP contribution in [0.5, 0.6) is 0 Å². The van der Waals surface area contributed by atoms with E-state index >= 15 is 0 Å². The van der Waals surface area contributed by atoms with Gasteiger partial charge in [-0.1, -0.05) is 20.8 Å². The summed E-state index contributed by atoms with van der Waals surface area (Å²) in [7, 11) is 0. The maximum atomic E-state index is 12.9. The number of fused-ring (bicyclic) bond motifs is 1. The van der Waals surface area contributed by atoms with E-state index < -0.39 is 5.92 Å². The zero-order valence-electron chi connectivity index (χ0n) is 15.9. The smallest absolute Gasteiger partial charge is 0.160 e. The number of carbonyl (C=O) groups excluding carboxylic acids is 2. The first-order chi connectivity index (χ1) is 11.7. The summed E-state index contributed by atoms with van der Waals surface area (Å²) < 4.78 is 0. The predicted octanol–water partition coefficient (Wildman–Crippen LogP) is 0.540. The fourth-order valence-corrected chi connectivity index (χ4v) is 4.68. The van der Waals surface area contributed by atoms with Crippen molar-refractivity contribution < 1.29 is 14.7 Å². The van der Waals surface area contributed by atoms with Crippen molar-refractivity contribution in [3.05, 3.63) is 0 Å². The fraction of sp³-hybridized carbons (Fsp3) is 0.895. The summed E-state index contributed by atoms with van der Waals surface area (Å²) in [5, 5.41) is 16.9. The molecular weight excluding hydrogens is 318 g/mol. The largest absolute Gasteiger partial charge is 0.396 e. The number of carbonyl (C=O) groups is 2. The lowest BCUT2D eigenvalue weighted by atomic mass is 9.85. The van der Waals surface area contributed by atoms with E-state index in [-0.39, 0.29) is 54.3 Å². The van der Waals surface area contributed by atoms with E-state index in [1.165, 1.54) is 0 Å². The topological polar surface area (TPSA) is 81.7 Å². The zero-order chi connectivity index (χ0) is 18.4. The molecule has 6 nitrogen and oxygen atoms in total. The Bertz CT molecular complexity index is 530. The van der Waals surface area contributed by atoms with Gasteiger partial charge in [-0.3, -0.25) is 25.1 Å². The van der Waals surface area contributed by atoms with E-state index in [0.29, 0.717) is 6.04 Å². The van der Waals surface area contributed by atoms with Crippen LogP contribution in [0.15, 0.2) is 0 Å². The van der Waals surface area contributed by atoms with E-state index in [4.69, 9.17) is 0 Å². The van der Waals surface area contributed by atoms with E-state index in [1.54, 1.807) is 6.92 Å². The Hall–Kier alpha value is -0.820. The molecule has 0 aromatic heterocycles. The van der Waals surface area contributed by atoms with Gasteiger partial charge in [-0.25, -0.2) is 0 Å². The molecule has 0 aromatic rings. The minimum atomic E-state index is -0.552. The molecule has 6 heteroatoms. The molecule has 0 saturated carbocycles. The molecule has 25 heavy (non-hydrogen) atoms. The Morgan fingerprint density at radius 2 is 1.96 bits per heavy atom. The molecule has 3 fully saturated rings. The molecule has 0 amide bonds. The Morgan fingerprint density at radius 3 is 2.60 bits per heavy atom. The van der Waals surface area contributed by atoms with E-state index in [1.807, 2.05) is 0 Å². The Labute approximate surface area is 150 Å². The summed E-state index contributed by atoms with van der Waals surface area (Å²) in [4.78, 5) is 27.8. The first-order valence-corrected chi connectivity index (χ1v) is 9.65. The second kappa shape index (κ2) is 7.06. The van der Waals surface area contributed by atoms with Gasteiger partial charge >= 0.3 is 0 Å². The Balaban J connectivity index is 1.92. The van der Waals surface area contributed by atoms with Gasteiger partial charge in [0.2, 0.25) is 0 Å². The van der Waals surface area contributed by atoms with Crippen LogP contribution in [-0.2, 0) is 9.59 Å². The fourth-order valence-electron chi connectivity index (χ4n) is 4.68. The molecule has 6 unspecified atom stereocenters. The molecule has 3 saturated heterocycles. The summed E-state index contributed by atoms with van der Waals surface area (Å²) in [6.45, 7) is 9.29. The third-order valence-corrected chi connectivity index (χ3v) is 6.39. The van der Waals surface area contributed by atoms with Gasteiger partial charge < -0.3 is 5.11 Å². The van der Waals surface area contributed by atoms with Crippen molar-refractivity contribution in [1.82, 2.24) is 15.5 Å². The van der Waals surface area contributed by atoms with Gasteiger partial charge in [0.1, 0.15) is 0 Å². The van der Waals surface area contributed by atoms with Crippen molar-refractivity contribution in [2.45, 2.75) is 71.2 Å². The molecule has 3 aliphatic rings. The number of aliphatic hydroxyl groups excluding tert-OH is 1. The highest BCUT2D eigenvalue weighted by atomic mass is 16.3. The van der Waals surface area contributed by atoms with Gasteiger partial charge in [-0.2, -0.15) is 0 Å². The molecule has 3 heterocycles. The van der Waals surface area contributed by atoms with Crippen molar-refractivity contribution in [3.8, 4) is 0 Å². The highest BCUT2D eigenvalue weighted by Crippen LogP contribution is 2.36. The van der Waals surface area contributed by atoms with Crippen LogP contribution in [0.4, 0.5) is 0 Å². The molecule has 0 radical (unpaired) electrons. The van der Waals surface area contributed by atoms with Gasteiger partial charge in [0, 0.05) is 31.2 Å². The average molecular weight is 351 g/mol. The van der Waals surface area contributed by atoms with Gasteiger partial charge in [0.15, 0.2) is 11.6 Å². The van der Waals surface area contributed by atoms with E-state index in [2.05, 4.69) is 36.3 Å². The molecule has 0 aliphatic carbocycles. The first kappa shape index (κ1) is 19.0. The molecule has 142 valence electrons. The monoisotopic (exact) mass is 351 g/mol. The SMILES string of the molecule is CC1C(=O)CNC(C(C)(C)C)NC2CN3C(CCC3C1=O)CC2CO. The molecule has 3 rings (SSSR count). The number of Topliss-reactive ketones (excluding diaryl/α,β-unsaturated/α-hetero) is 2. The van der Waals surface area contributed by atoms with Crippen LogP contribution >= 0.6 is 0 Å². The second-order valence-corrected chi connectivity index (χ2v) is 9.17. The van der Waals surface area contributed by atoms with Crippen molar-refractivity contribution in [2.24, 2.45) is 17.3 Å². The zero-order valence-corrected chi connectivity index (χ0v) is 15.9. The highest BCUT2D eigenvalue weighted by molar-refractivity contribution is 6.05. The molecule has 2 bridgehead atoms. The number of hydrogen-bond acceptors (Lipinski definition) is 6. The molecule has 6 atom stereocenters. The lowest BCUT2D eigenvalue weighted by molar-refractivity contribution is -0.135. The number of piperidine rings is 1. The quantitative estimate of drug-likeness (QED) is 0.598. The first-order valence-electron chi connectivity index (χ1n) is 9.65. The Kier molecular flexibility index (Phi) is 5.36. The number of nitrogens with zero attached hydrogens (tertiary/aromatic N) is 1. The van der Waals surface area contributed by atoms with Gasteiger partial charge in [0.25, 0.3) is 0 Å². The van der Waals surface area contributed by atoms with Gasteiger partial charge in [-0.15, -0.1) is 0 Å². The molecule has 3 N–H and O–H groups in total. The molecule has 3 aliphatic heterocycles.